The van der Waals surface area contributed by atoms with Gasteiger partial charge in [-0.1, -0.05) is 12.2 Å². The van der Waals surface area contributed by atoms with Gasteiger partial charge in [-0.25, -0.2) is 9.18 Å². The molecule has 1 aliphatic rings. The highest BCUT2D eigenvalue weighted by molar-refractivity contribution is 5.83. The van der Waals surface area contributed by atoms with Crippen molar-refractivity contribution >= 4 is 11.8 Å². The van der Waals surface area contributed by atoms with Gasteiger partial charge in [0.1, 0.15) is 17.3 Å². The Labute approximate surface area is 170 Å². The van der Waals surface area contributed by atoms with Crippen molar-refractivity contribution in [2.24, 2.45) is 11.8 Å². The fourth-order valence-corrected chi connectivity index (χ4v) is 3.21. The van der Waals surface area contributed by atoms with Crippen LogP contribution in [0.4, 0.5) is 4.39 Å². The Hall–Kier alpha value is -2.69. The number of carbonyl (C=O) groups excluding carboxylic acids is 2. The summed E-state index contributed by atoms with van der Waals surface area (Å²) >= 11 is 0. The molecular formula is C23H27FO5. The third-order valence-electron chi connectivity index (χ3n) is 4.83. The van der Waals surface area contributed by atoms with Gasteiger partial charge in [0.2, 0.25) is 0 Å². The summed E-state index contributed by atoms with van der Waals surface area (Å²) in [5.74, 6) is 0.0147. The highest BCUT2D eigenvalue weighted by Gasteiger charge is 2.31. The van der Waals surface area contributed by atoms with Gasteiger partial charge in [0.25, 0.3) is 0 Å². The number of ketones is 1. The molecule has 0 spiro atoms. The van der Waals surface area contributed by atoms with Crippen LogP contribution in [-0.4, -0.2) is 36.7 Å². The van der Waals surface area contributed by atoms with E-state index >= 15 is 0 Å². The molecule has 1 aromatic rings. The Morgan fingerprint density at radius 1 is 1.34 bits per heavy atom. The van der Waals surface area contributed by atoms with E-state index in [1.165, 1.54) is 19.2 Å². The van der Waals surface area contributed by atoms with Crippen molar-refractivity contribution in [3.63, 3.8) is 0 Å². The van der Waals surface area contributed by atoms with E-state index in [9.17, 15) is 19.1 Å². The second-order valence-electron chi connectivity index (χ2n) is 6.88. The number of carbonyl (C=O) groups is 2. The minimum Gasteiger partial charge on any atom is -0.493 e. The Kier molecular flexibility index (Phi) is 9.35. The van der Waals surface area contributed by atoms with E-state index in [1.54, 1.807) is 24.3 Å². The smallest absolute Gasteiger partial charge is 0.335 e. The maximum Gasteiger partial charge on any atom is 0.335 e. The summed E-state index contributed by atoms with van der Waals surface area (Å²) in [6, 6.07) is 5.90. The van der Waals surface area contributed by atoms with Crippen LogP contribution in [0.2, 0.25) is 0 Å². The van der Waals surface area contributed by atoms with E-state index in [2.05, 4.69) is 16.5 Å². The molecule has 1 unspecified atom stereocenters. The van der Waals surface area contributed by atoms with Gasteiger partial charge in [-0.15, -0.1) is 5.73 Å². The summed E-state index contributed by atoms with van der Waals surface area (Å²) in [6.07, 6.45) is 9.05. The molecular weight excluding hydrogens is 375 g/mol. The lowest BCUT2D eigenvalue weighted by Crippen LogP contribution is -2.20. The first-order valence-electron chi connectivity index (χ1n) is 9.74. The van der Waals surface area contributed by atoms with Gasteiger partial charge in [0.15, 0.2) is 6.10 Å². The van der Waals surface area contributed by atoms with E-state index in [4.69, 9.17) is 4.74 Å². The molecule has 3 atom stereocenters. The molecule has 0 heterocycles. The summed E-state index contributed by atoms with van der Waals surface area (Å²) in [7, 11) is 1.22. The topological polar surface area (TPSA) is 72.8 Å². The number of benzene rings is 1. The Morgan fingerprint density at radius 3 is 2.83 bits per heavy atom. The van der Waals surface area contributed by atoms with E-state index in [0.29, 0.717) is 31.6 Å². The van der Waals surface area contributed by atoms with Gasteiger partial charge in [-0.2, -0.15) is 0 Å². The SMILES string of the molecule is COC(=O)C(O)CC=C=CC[C@H]1C(=O)CC[C@@H]1/C=C/CCOc1ccc(F)cc1. The number of rotatable bonds is 10. The summed E-state index contributed by atoms with van der Waals surface area (Å²) in [6.45, 7) is 0.485. The third kappa shape index (κ3) is 7.68. The van der Waals surface area contributed by atoms with Crippen LogP contribution in [0.1, 0.15) is 32.1 Å². The molecule has 156 valence electrons. The molecule has 0 aromatic heterocycles. The maximum absolute atomic E-state index is 12.9. The quantitative estimate of drug-likeness (QED) is 0.279. The molecule has 1 aromatic carbocycles. The van der Waals surface area contributed by atoms with Crippen molar-refractivity contribution in [1.29, 1.82) is 0 Å². The molecule has 1 saturated carbocycles. The number of hydrogen-bond donors (Lipinski definition) is 1. The highest BCUT2D eigenvalue weighted by Crippen LogP contribution is 2.32. The van der Waals surface area contributed by atoms with Crippen LogP contribution in [-0.2, 0) is 14.3 Å². The number of aliphatic hydroxyl groups is 1. The molecule has 0 aliphatic heterocycles. The summed E-state index contributed by atoms with van der Waals surface area (Å²) < 4.78 is 22.8. The van der Waals surface area contributed by atoms with Crippen molar-refractivity contribution in [3.05, 3.63) is 60.1 Å². The van der Waals surface area contributed by atoms with Crippen LogP contribution in [0.25, 0.3) is 0 Å². The molecule has 2 rings (SSSR count). The first-order valence-corrected chi connectivity index (χ1v) is 9.74. The fraction of sp³-hybridized carbons (Fsp3) is 0.435. The normalized spacial score (nSPS) is 19.6. The lowest BCUT2D eigenvalue weighted by molar-refractivity contribution is -0.150. The molecule has 29 heavy (non-hydrogen) atoms. The fourth-order valence-electron chi connectivity index (χ4n) is 3.21. The Balaban J connectivity index is 1.75. The van der Waals surface area contributed by atoms with Gasteiger partial charge < -0.3 is 14.6 Å². The first-order chi connectivity index (χ1) is 14.0. The number of ether oxygens (including phenoxy) is 2. The zero-order valence-corrected chi connectivity index (χ0v) is 16.6. The van der Waals surface area contributed by atoms with Crippen molar-refractivity contribution in [2.45, 2.75) is 38.2 Å². The lowest BCUT2D eigenvalue weighted by Gasteiger charge is -2.12. The second-order valence-corrected chi connectivity index (χ2v) is 6.88. The summed E-state index contributed by atoms with van der Waals surface area (Å²) in [4.78, 5) is 23.2. The van der Waals surface area contributed by atoms with Gasteiger partial charge in [-0.05, 0) is 61.6 Å². The molecule has 0 amide bonds. The standard InChI is InChI=1S/C23H27FO5/c1-28-23(27)22(26)9-4-2-3-8-20-17(10-15-21(20)25)7-5-6-16-29-19-13-11-18(24)12-14-19/h3-5,7,11-14,17,20,22,26H,6,8-10,15-16H2,1H3/b7-5+/t2?,17-,20+,22?/m0/s1. The van der Waals surface area contributed by atoms with E-state index < -0.39 is 12.1 Å². The van der Waals surface area contributed by atoms with Crippen LogP contribution in [0.5, 0.6) is 5.75 Å². The van der Waals surface area contributed by atoms with Crippen LogP contribution in [0.3, 0.4) is 0 Å². The molecule has 6 heteroatoms. The average molecular weight is 402 g/mol. The third-order valence-corrected chi connectivity index (χ3v) is 4.83. The largest absolute Gasteiger partial charge is 0.493 e. The minimum atomic E-state index is -1.19. The van der Waals surface area contributed by atoms with Gasteiger partial charge in [0.05, 0.1) is 13.7 Å². The molecule has 1 fully saturated rings. The first kappa shape index (κ1) is 22.6. The lowest BCUT2D eigenvalue weighted by atomic mass is 9.91. The second kappa shape index (κ2) is 12.0. The van der Waals surface area contributed by atoms with Crippen LogP contribution >= 0.6 is 0 Å². The van der Waals surface area contributed by atoms with Crippen molar-refractivity contribution in [3.8, 4) is 5.75 Å². The van der Waals surface area contributed by atoms with E-state index in [1.807, 2.05) is 6.08 Å². The maximum atomic E-state index is 12.9. The summed E-state index contributed by atoms with van der Waals surface area (Å²) in [5, 5.41) is 9.49. The number of aliphatic hydroxyl groups excluding tert-OH is 1. The molecule has 0 radical (unpaired) electrons. The highest BCUT2D eigenvalue weighted by atomic mass is 19.1. The van der Waals surface area contributed by atoms with Crippen molar-refractivity contribution in [1.82, 2.24) is 0 Å². The average Bonchev–Trinajstić information content (AvgIpc) is 3.07. The molecule has 0 saturated heterocycles. The minimum absolute atomic E-state index is 0.0734. The van der Waals surface area contributed by atoms with Crippen LogP contribution in [0, 0.1) is 17.7 Å². The number of halogens is 1. The molecule has 1 aliphatic carbocycles. The number of Topliss-reactive ketones (excluding diaryl/α,β-unsaturated/α-hetero) is 1. The zero-order valence-electron chi connectivity index (χ0n) is 16.6. The molecule has 1 N–H and O–H groups in total. The van der Waals surface area contributed by atoms with E-state index in [-0.39, 0.29) is 29.9 Å². The Bertz CT molecular complexity index is 762. The van der Waals surface area contributed by atoms with Gasteiger partial charge >= 0.3 is 5.97 Å². The number of allylic oxidation sites excluding steroid dienone is 1. The van der Waals surface area contributed by atoms with E-state index in [0.717, 1.165) is 6.42 Å². The molecule has 0 bridgehead atoms. The predicted octanol–water partition coefficient (Wildman–Crippen LogP) is 3.77. The van der Waals surface area contributed by atoms with Crippen LogP contribution < -0.4 is 4.74 Å². The number of methoxy groups -OCH3 is 1. The van der Waals surface area contributed by atoms with Gasteiger partial charge in [-0.3, -0.25) is 4.79 Å². The van der Waals surface area contributed by atoms with Gasteiger partial charge in [0, 0.05) is 18.8 Å². The summed E-state index contributed by atoms with van der Waals surface area (Å²) in [5.41, 5.74) is 2.92. The van der Waals surface area contributed by atoms with Crippen molar-refractivity contribution < 1.29 is 28.6 Å². The Morgan fingerprint density at radius 2 is 2.10 bits per heavy atom. The zero-order chi connectivity index (χ0) is 21.1. The number of esters is 1. The number of hydrogen-bond acceptors (Lipinski definition) is 5. The molecule has 5 nitrogen and oxygen atoms in total. The monoisotopic (exact) mass is 402 g/mol. The van der Waals surface area contributed by atoms with Crippen molar-refractivity contribution in [2.75, 3.05) is 13.7 Å². The van der Waals surface area contributed by atoms with Crippen LogP contribution in [0.15, 0.2) is 54.3 Å². The predicted molar refractivity (Wildman–Crippen MR) is 107 cm³/mol.